The Bertz CT molecular complexity index is 883. The van der Waals surface area contributed by atoms with E-state index in [9.17, 15) is 0 Å². The Labute approximate surface area is 145 Å². The van der Waals surface area contributed by atoms with Crippen LogP contribution in [0.25, 0.3) is 0 Å². The third kappa shape index (κ3) is 2.93. The van der Waals surface area contributed by atoms with Crippen molar-refractivity contribution in [1.82, 2.24) is 9.97 Å². The van der Waals surface area contributed by atoms with Crippen LogP contribution in [-0.4, -0.2) is 16.5 Å². The highest BCUT2D eigenvalue weighted by Crippen LogP contribution is 2.35. The summed E-state index contributed by atoms with van der Waals surface area (Å²) in [6, 6.07) is 17.4. The fraction of sp³-hybridized carbons (Fsp3) is 0.158. The molecule has 0 aliphatic carbocycles. The van der Waals surface area contributed by atoms with Crippen molar-refractivity contribution in [2.24, 2.45) is 0 Å². The van der Waals surface area contributed by atoms with Crippen molar-refractivity contribution in [2.75, 3.05) is 11.4 Å². The average Bonchev–Trinajstić information content (AvgIpc) is 2.98. The molecule has 120 valence electrons. The van der Waals surface area contributed by atoms with Gasteiger partial charge in [0.1, 0.15) is 5.75 Å². The van der Waals surface area contributed by atoms with Crippen molar-refractivity contribution in [1.29, 1.82) is 0 Å². The maximum Gasteiger partial charge on any atom is 0.233 e. The Kier molecular flexibility index (Phi) is 3.82. The van der Waals surface area contributed by atoms with Crippen LogP contribution in [0, 0.1) is 6.92 Å². The van der Waals surface area contributed by atoms with Gasteiger partial charge in [0.2, 0.25) is 11.8 Å². The van der Waals surface area contributed by atoms with Crippen LogP contribution in [0.3, 0.4) is 0 Å². The van der Waals surface area contributed by atoms with E-state index in [2.05, 4.69) is 20.9 Å². The molecule has 0 atom stereocenters. The van der Waals surface area contributed by atoms with E-state index in [1.54, 1.807) is 0 Å². The van der Waals surface area contributed by atoms with Crippen LogP contribution in [0.15, 0.2) is 54.6 Å². The highest BCUT2D eigenvalue weighted by molar-refractivity contribution is 6.30. The Morgan fingerprint density at radius 2 is 1.88 bits per heavy atom. The van der Waals surface area contributed by atoms with Crippen LogP contribution in [-0.2, 0) is 6.42 Å². The fourth-order valence-electron chi connectivity index (χ4n) is 2.87. The van der Waals surface area contributed by atoms with Gasteiger partial charge in [-0.1, -0.05) is 35.9 Å². The van der Waals surface area contributed by atoms with E-state index in [0.29, 0.717) is 16.9 Å². The quantitative estimate of drug-likeness (QED) is 0.679. The molecule has 0 radical (unpaired) electrons. The van der Waals surface area contributed by atoms with Crippen LogP contribution in [0.4, 0.5) is 11.6 Å². The zero-order valence-electron chi connectivity index (χ0n) is 13.2. The topological polar surface area (TPSA) is 38.2 Å². The second kappa shape index (κ2) is 6.13. The first-order valence-electron chi connectivity index (χ1n) is 7.83. The SMILES string of the molecule is Cc1cc(Oc2ccccc2)nc(N2CCc3ccc(Cl)cc32)n1. The van der Waals surface area contributed by atoms with Gasteiger partial charge in [-0.3, -0.25) is 0 Å². The second-order valence-electron chi connectivity index (χ2n) is 5.74. The number of para-hydroxylation sites is 1. The van der Waals surface area contributed by atoms with Gasteiger partial charge in [-0.05, 0) is 43.2 Å². The number of anilines is 2. The molecule has 24 heavy (non-hydrogen) atoms. The zero-order valence-corrected chi connectivity index (χ0v) is 14.0. The van der Waals surface area contributed by atoms with Crippen LogP contribution >= 0.6 is 11.6 Å². The average molecular weight is 338 g/mol. The summed E-state index contributed by atoms with van der Waals surface area (Å²) in [5, 5.41) is 0.717. The number of benzene rings is 2. The van der Waals surface area contributed by atoms with Crippen molar-refractivity contribution in [3.8, 4) is 11.6 Å². The van der Waals surface area contributed by atoms with Crippen LogP contribution in [0.5, 0.6) is 11.6 Å². The third-order valence-electron chi connectivity index (χ3n) is 3.97. The van der Waals surface area contributed by atoms with E-state index in [-0.39, 0.29) is 0 Å². The molecule has 5 heteroatoms. The molecule has 0 unspecified atom stereocenters. The normalized spacial score (nSPS) is 13.0. The molecule has 0 saturated carbocycles. The lowest BCUT2D eigenvalue weighted by atomic mass is 10.2. The molecule has 4 rings (SSSR count). The Morgan fingerprint density at radius 3 is 2.71 bits per heavy atom. The van der Waals surface area contributed by atoms with Gasteiger partial charge in [0.05, 0.1) is 0 Å². The van der Waals surface area contributed by atoms with E-state index in [0.717, 1.165) is 30.1 Å². The lowest BCUT2D eigenvalue weighted by Crippen LogP contribution is -2.17. The van der Waals surface area contributed by atoms with Gasteiger partial charge in [0.15, 0.2) is 0 Å². The molecule has 0 saturated heterocycles. The van der Waals surface area contributed by atoms with Crippen molar-refractivity contribution >= 4 is 23.2 Å². The summed E-state index contributed by atoms with van der Waals surface area (Å²) in [6.45, 7) is 2.78. The van der Waals surface area contributed by atoms with Crippen LogP contribution in [0.1, 0.15) is 11.3 Å². The molecule has 0 N–H and O–H groups in total. The first-order chi connectivity index (χ1) is 11.7. The number of halogens is 1. The number of fused-ring (bicyclic) bond motifs is 1. The molecule has 2 heterocycles. The number of aryl methyl sites for hydroxylation is 1. The Balaban J connectivity index is 1.69. The molecule has 3 aromatic rings. The van der Waals surface area contributed by atoms with E-state index in [1.807, 2.05) is 55.5 Å². The second-order valence-corrected chi connectivity index (χ2v) is 6.17. The molecule has 4 nitrogen and oxygen atoms in total. The van der Waals surface area contributed by atoms with Gasteiger partial charge in [0, 0.05) is 29.0 Å². The van der Waals surface area contributed by atoms with Gasteiger partial charge in [-0.2, -0.15) is 4.98 Å². The Hall–Kier alpha value is -2.59. The summed E-state index contributed by atoms with van der Waals surface area (Å²) in [5.41, 5.74) is 3.19. The minimum Gasteiger partial charge on any atom is -0.439 e. The molecule has 2 aromatic carbocycles. The number of nitrogens with zero attached hydrogens (tertiary/aromatic N) is 3. The number of hydrogen-bond acceptors (Lipinski definition) is 4. The van der Waals surface area contributed by atoms with E-state index in [4.69, 9.17) is 16.3 Å². The summed E-state index contributed by atoms with van der Waals surface area (Å²) >= 11 is 6.15. The third-order valence-corrected chi connectivity index (χ3v) is 4.20. The summed E-state index contributed by atoms with van der Waals surface area (Å²) < 4.78 is 5.87. The number of aromatic nitrogens is 2. The molecule has 1 aliphatic heterocycles. The van der Waals surface area contributed by atoms with Gasteiger partial charge in [-0.25, -0.2) is 4.98 Å². The predicted octanol–water partition coefficient (Wildman–Crippen LogP) is 4.92. The minimum atomic E-state index is 0.541. The van der Waals surface area contributed by atoms with E-state index >= 15 is 0 Å². The number of rotatable bonds is 3. The predicted molar refractivity (Wildman–Crippen MR) is 95.4 cm³/mol. The largest absolute Gasteiger partial charge is 0.439 e. The molecule has 0 bridgehead atoms. The summed E-state index contributed by atoms with van der Waals surface area (Å²) in [7, 11) is 0. The lowest BCUT2D eigenvalue weighted by Gasteiger charge is -2.18. The molecule has 0 fully saturated rings. The summed E-state index contributed by atoms with van der Waals surface area (Å²) in [4.78, 5) is 11.3. The monoisotopic (exact) mass is 337 g/mol. The first-order valence-corrected chi connectivity index (χ1v) is 8.21. The minimum absolute atomic E-state index is 0.541. The molecule has 0 amide bonds. The summed E-state index contributed by atoms with van der Waals surface area (Å²) in [6.07, 6.45) is 0.957. The van der Waals surface area contributed by atoms with E-state index in [1.165, 1.54) is 5.56 Å². The van der Waals surface area contributed by atoms with Crippen molar-refractivity contribution in [2.45, 2.75) is 13.3 Å². The van der Waals surface area contributed by atoms with E-state index < -0.39 is 0 Å². The lowest BCUT2D eigenvalue weighted by molar-refractivity contribution is 0.461. The molecule has 0 spiro atoms. The van der Waals surface area contributed by atoms with Gasteiger partial charge >= 0.3 is 0 Å². The van der Waals surface area contributed by atoms with Crippen LogP contribution in [0.2, 0.25) is 5.02 Å². The molecule has 1 aliphatic rings. The maximum atomic E-state index is 6.15. The van der Waals surface area contributed by atoms with Crippen molar-refractivity contribution in [3.05, 3.63) is 70.9 Å². The van der Waals surface area contributed by atoms with Crippen LogP contribution < -0.4 is 9.64 Å². The number of hydrogen-bond donors (Lipinski definition) is 0. The highest BCUT2D eigenvalue weighted by Gasteiger charge is 2.23. The van der Waals surface area contributed by atoms with Crippen molar-refractivity contribution in [3.63, 3.8) is 0 Å². The summed E-state index contributed by atoms with van der Waals surface area (Å²) in [5.74, 6) is 1.94. The standard InChI is InChI=1S/C19H16ClN3O/c1-13-11-18(24-16-5-3-2-4-6-16)22-19(21-13)23-10-9-14-7-8-15(20)12-17(14)23/h2-8,11-12H,9-10H2,1H3. The Morgan fingerprint density at radius 1 is 1.04 bits per heavy atom. The zero-order chi connectivity index (χ0) is 16.5. The maximum absolute atomic E-state index is 6.15. The van der Waals surface area contributed by atoms with Crippen molar-refractivity contribution < 1.29 is 4.74 Å². The first kappa shape index (κ1) is 15.0. The molecule has 1 aromatic heterocycles. The number of ether oxygens (including phenoxy) is 1. The van der Waals surface area contributed by atoms with Gasteiger partial charge in [0.25, 0.3) is 0 Å². The smallest absolute Gasteiger partial charge is 0.233 e. The van der Waals surface area contributed by atoms with Gasteiger partial charge < -0.3 is 9.64 Å². The fourth-order valence-corrected chi connectivity index (χ4v) is 3.03. The molecular weight excluding hydrogens is 322 g/mol. The van der Waals surface area contributed by atoms with Gasteiger partial charge in [-0.15, -0.1) is 0 Å². The molecular formula is C19H16ClN3O. The highest BCUT2D eigenvalue weighted by atomic mass is 35.5.